The zero-order valence-electron chi connectivity index (χ0n) is 8.96. The van der Waals surface area contributed by atoms with Crippen molar-refractivity contribution < 1.29 is 9.90 Å². The largest absolute Gasteiger partial charge is 0.481 e. The molecule has 0 amide bonds. The Morgan fingerprint density at radius 3 is 2.94 bits per heavy atom. The molecule has 0 bridgehead atoms. The van der Waals surface area contributed by atoms with Crippen molar-refractivity contribution in [2.75, 3.05) is 0 Å². The monoisotopic (exact) mass is 342 g/mol. The van der Waals surface area contributed by atoms with Crippen LogP contribution in [-0.4, -0.2) is 20.5 Å². The number of nitrogens with zero attached hydrogens (tertiary/aromatic N) is 2. The second-order valence-electron chi connectivity index (χ2n) is 3.71. The van der Waals surface area contributed by atoms with Gasteiger partial charge in [0.25, 0.3) is 0 Å². The Kier molecular flexibility index (Phi) is 2.96. The van der Waals surface area contributed by atoms with Gasteiger partial charge in [0.2, 0.25) is 0 Å². The minimum absolute atomic E-state index is 0.0178. The van der Waals surface area contributed by atoms with E-state index in [1.54, 1.807) is 11.3 Å². The second-order valence-corrected chi connectivity index (χ2v) is 6.37. The van der Waals surface area contributed by atoms with Crippen molar-refractivity contribution in [3.63, 3.8) is 0 Å². The molecular formula is C11H7BrN2O2S2. The maximum absolute atomic E-state index is 10.8. The Hall–Kier alpha value is -1.18. The van der Waals surface area contributed by atoms with Gasteiger partial charge in [0.1, 0.15) is 5.69 Å². The van der Waals surface area contributed by atoms with E-state index >= 15 is 0 Å². The number of carboxylic acids is 1. The van der Waals surface area contributed by atoms with E-state index in [0.29, 0.717) is 0 Å². The molecule has 1 N–H and O–H groups in total. The third kappa shape index (κ3) is 2.09. The number of rotatable bonds is 3. The van der Waals surface area contributed by atoms with E-state index in [1.165, 1.54) is 11.3 Å². The summed E-state index contributed by atoms with van der Waals surface area (Å²) in [5, 5.41) is 12.7. The Labute approximate surface area is 119 Å². The molecule has 3 aromatic rings. The lowest BCUT2D eigenvalue weighted by Crippen LogP contribution is -2.01. The van der Waals surface area contributed by atoms with Crippen molar-refractivity contribution in [2.24, 2.45) is 0 Å². The summed E-state index contributed by atoms with van der Waals surface area (Å²) in [4.78, 5) is 17.2. The topological polar surface area (TPSA) is 54.6 Å². The number of carbonyl (C=O) groups is 1. The molecule has 0 aliphatic heterocycles. The normalized spacial score (nSPS) is 11.2. The molecule has 3 rings (SSSR count). The SMILES string of the molecule is O=C(O)Cc1csc2nc(-c3cc(Br)cs3)cn12. The van der Waals surface area contributed by atoms with Gasteiger partial charge in [-0.3, -0.25) is 9.20 Å². The first-order valence-electron chi connectivity index (χ1n) is 5.05. The van der Waals surface area contributed by atoms with Gasteiger partial charge >= 0.3 is 5.97 Å². The van der Waals surface area contributed by atoms with E-state index in [2.05, 4.69) is 20.9 Å². The van der Waals surface area contributed by atoms with Gasteiger partial charge in [-0.05, 0) is 22.0 Å². The van der Waals surface area contributed by atoms with Crippen molar-refractivity contribution in [3.05, 3.63) is 33.2 Å². The van der Waals surface area contributed by atoms with Crippen LogP contribution in [0.1, 0.15) is 5.69 Å². The molecule has 0 aliphatic carbocycles. The number of hydrogen-bond donors (Lipinski definition) is 1. The van der Waals surface area contributed by atoms with E-state index in [0.717, 1.165) is 25.7 Å². The minimum Gasteiger partial charge on any atom is -0.481 e. The van der Waals surface area contributed by atoms with Gasteiger partial charge in [-0.1, -0.05) is 0 Å². The Balaban J connectivity index is 2.06. The first kappa shape index (κ1) is 11.9. The summed E-state index contributed by atoms with van der Waals surface area (Å²) in [7, 11) is 0. The van der Waals surface area contributed by atoms with Gasteiger partial charge in [0, 0.05) is 27.1 Å². The molecule has 3 heterocycles. The molecule has 0 radical (unpaired) electrons. The summed E-state index contributed by atoms with van der Waals surface area (Å²) in [6.07, 6.45) is 1.91. The first-order chi connectivity index (χ1) is 8.63. The molecule has 18 heavy (non-hydrogen) atoms. The van der Waals surface area contributed by atoms with Crippen molar-refractivity contribution in [1.82, 2.24) is 9.38 Å². The van der Waals surface area contributed by atoms with Crippen molar-refractivity contribution in [3.8, 4) is 10.6 Å². The predicted octanol–water partition coefficient (Wildman–Crippen LogP) is 3.51. The molecule has 0 saturated carbocycles. The maximum Gasteiger partial charge on any atom is 0.309 e. The maximum atomic E-state index is 10.8. The summed E-state index contributed by atoms with van der Waals surface area (Å²) < 4.78 is 2.88. The number of fused-ring (bicyclic) bond motifs is 1. The highest BCUT2D eigenvalue weighted by atomic mass is 79.9. The molecular weight excluding hydrogens is 336 g/mol. The molecule has 0 unspecified atom stereocenters. The lowest BCUT2D eigenvalue weighted by molar-refractivity contribution is -0.136. The molecule has 3 aromatic heterocycles. The second kappa shape index (κ2) is 4.49. The molecule has 0 aliphatic rings. The average Bonchev–Trinajstić information content (AvgIpc) is 2.94. The van der Waals surface area contributed by atoms with Crippen LogP contribution in [-0.2, 0) is 11.2 Å². The average molecular weight is 343 g/mol. The van der Waals surface area contributed by atoms with Crippen molar-refractivity contribution in [2.45, 2.75) is 6.42 Å². The zero-order valence-corrected chi connectivity index (χ0v) is 12.2. The molecule has 0 spiro atoms. The summed E-state index contributed by atoms with van der Waals surface area (Å²) in [5.74, 6) is -0.830. The highest BCUT2D eigenvalue weighted by Crippen LogP contribution is 2.30. The van der Waals surface area contributed by atoms with Crippen LogP contribution in [0.3, 0.4) is 0 Å². The third-order valence-electron chi connectivity index (χ3n) is 2.44. The van der Waals surface area contributed by atoms with Gasteiger partial charge in [0.15, 0.2) is 4.96 Å². The van der Waals surface area contributed by atoms with Gasteiger partial charge in [-0.2, -0.15) is 0 Å². The molecule has 4 nitrogen and oxygen atoms in total. The number of hydrogen-bond acceptors (Lipinski definition) is 4. The Bertz CT molecular complexity index is 728. The number of thiazole rings is 1. The number of imidazole rings is 1. The van der Waals surface area contributed by atoms with Crippen molar-refractivity contribution in [1.29, 1.82) is 0 Å². The summed E-state index contributed by atoms with van der Waals surface area (Å²) in [6, 6.07) is 2.01. The summed E-state index contributed by atoms with van der Waals surface area (Å²) in [6.45, 7) is 0. The fourth-order valence-corrected chi connectivity index (χ4v) is 3.93. The fourth-order valence-electron chi connectivity index (χ4n) is 1.68. The highest BCUT2D eigenvalue weighted by Gasteiger charge is 2.12. The van der Waals surface area contributed by atoms with Gasteiger partial charge in [0.05, 0.1) is 11.3 Å². The number of thiophene rings is 1. The van der Waals surface area contributed by atoms with E-state index in [1.807, 2.05) is 27.4 Å². The number of aromatic nitrogens is 2. The minimum atomic E-state index is -0.830. The molecule has 7 heteroatoms. The van der Waals surface area contributed by atoms with Crippen LogP contribution in [0.25, 0.3) is 15.5 Å². The molecule has 0 aromatic carbocycles. The molecule has 0 fully saturated rings. The summed E-state index contributed by atoms with van der Waals surface area (Å²) in [5.41, 5.74) is 1.64. The standard InChI is InChI=1S/C11H7BrN2O2S2/c12-6-1-9(17-4-6)8-3-14-7(2-10(15)16)5-18-11(14)13-8/h1,3-5H,2H2,(H,15,16). The van der Waals surface area contributed by atoms with Crippen LogP contribution in [0.5, 0.6) is 0 Å². The van der Waals surface area contributed by atoms with E-state index in [9.17, 15) is 4.79 Å². The quantitative estimate of drug-likeness (QED) is 0.792. The third-order valence-corrected chi connectivity index (χ3v) is 5.04. The van der Waals surface area contributed by atoms with E-state index in [-0.39, 0.29) is 6.42 Å². The van der Waals surface area contributed by atoms with Gasteiger partial charge in [-0.15, -0.1) is 22.7 Å². The smallest absolute Gasteiger partial charge is 0.309 e. The van der Waals surface area contributed by atoms with Crippen molar-refractivity contribution >= 4 is 49.5 Å². The zero-order chi connectivity index (χ0) is 12.7. The number of aliphatic carboxylic acids is 1. The number of halogens is 1. The van der Waals surface area contributed by atoms with E-state index in [4.69, 9.17) is 5.11 Å². The molecule has 0 saturated heterocycles. The Morgan fingerprint density at radius 2 is 2.28 bits per heavy atom. The van der Waals surface area contributed by atoms with Gasteiger partial charge < -0.3 is 5.11 Å². The van der Waals surface area contributed by atoms with Gasteiger partial charge in [-0.25, -0.2) is 4.98 Å². The predicted molar refractivity (Wildman–Crippen MR) is 75.4 cm³/mol. The molecule has 0 atom stereocenters. The first-order valence-corrected chi connectivity index (χ1v) is 7.60. The number of carboxylic acid groups (broad SMARTS) is 1. The van der Waals surface area contributed by atoms with Crippen LogP contribution in [0.15, 0.2) is 27.5 Å². The van der Waals surface area contributed by atoms with E-state index < -0.39 is 5.97 Å². The fraction of sp³-hybridized carbons (Fsp3) is 0.0909. The van der Waals surface area contributed by atoms with Crippen LogP contribution in [0.2, 0.25) is 0 Å². The van der Waals surface area contributed by atoms with Crippen LogP contribution >= 0.6 is 38.6 Å². The Morgan fingerprint density at radius 1 is 1.44 bits per heavy atom. The highest BCUT2D eigenvalue weighted by molar-refractivity contribution is 9.10. The van der Waals surface area contributed by atoms with Crippen LogP contribution in [0, 0.1) is 0 Å². The summed E-state index contributed by atoms with van der Waals surface area (Å²) >= 11 is 6.48. The lowest BCUT2D eigenvalue weighted by atomic mass is 10.3. The lowest BCUT2D eigenvalue weighted by Gasteiger charge is -1.93. The van der Waals surface area contributed by atoms with Crippen LogP contribution < -0.4 is 0 Å². The van der Waals surface area contributed by atoms with Crippen LogP contribution in [0.4, 0.5) is 0 Å². The molecule has 92 valence electrons.